The Hall–Kier alpha value is -1.60. The minimum atomic E-state index is -0.867. The van der Waals surface area contributed by atoms with Crippen molar-refractivity contribution >= 4 is 50.9 Å². The van der Waals surface area contributed by atoms with E-state index >= 15 is 0 Å². The van der Waals surface area contributed by atoms with Gasteiger partial charge in [0.1, 0.15) is 0 Å². The minimum absolute atomic E-state index is 0.187. The number of carbonyl (C=O) groups excluding carboxylic acids is 1. The number of thiazole rings is 1. The maximum Gasteiger partial charge on any atom is 0.307 e. The number of nitrogens with zero attached hydrogens (tertiary/aromatic N) is 1. The fourth-order valence-corrected chi connectivity index (χ4v) is 5.54. The summed E-state index contributed by atoms with van der Waals surface area (Å²) >= 11 is 3.34. The van der Waals surface area contributed by atoms with Gasteiger partial charge in [-0.15, -0.1) is 11.3 Å². The lowest BCUT2D eigenvalue weighted by Gasteiger charge is -2.27. The molecule has 1 aromatic carbocycles. The third kappa shape index (κ3) is 4.33. The zero-order chi connectivity index (χ0) is 18.0. The number of thioether (sulfide) groups is 1. The molecule has 3 rings (SSSR count). The molecule has 0 unspecified atom stereocenters. The van der Waals surface area contributed by atoms with E-state index in [1.807, 2.05) is 18.2 Å². The van der Waals surface area contributed by atoms with Crippen LogP contribution in [0.1, 0.15) is 39.5 Å². The Bertz CT molecular complexity index is 788. The van der Waals surface area contributed by atoms with Gasteiger partial charge < -0.3 is 10.4 Å². The van der Waals surface area contributed by atoms with Crippen molar-refractivity contribution in [2.45, 2.75) is 49.1 Å². The van der Waals surface area contributed by atoms with Crippen molar-refractivity contribution < 1.29 is 14.7 Å². The van der Waals surface area contributed by atoms with Crippen molar-refractivity contribution in [3.8, 4) is 0 Å². The fraction of sp³-hybridized carbons (Fsp3) is 0.500. The average molecular weight is 379 g/mol. The van der Waals surface area contributed by atoms with Crippen molar-refractivity contribution in [2.24, 2.45) is 11.8 Å². The minimum Gasteiger partial charge on any atom is -0.481 e. The van der Waals surface area contributed by atoms with Gasteiger partial charge in [-0.1, -0.05) is 38.5 Å². The van der Waals surface area contributed by atoms with Crippen LogP contribution in [0.15, 0.2) is 22.5 Å². The van der Waals surface area contributed by atoms with E-state index in [-0.39, 0.29) is 5.91 Å². The highest BCUT2D eigenvalue weighted by molar-refractivity contribution is 8.01. The lowest BCUT2D eigenvalue weighted by atomic mass is 9.78. The van der Waals surface area contributed by atoms with E-state index in [9.17, 15) is 14.7 Å². The van der Waals surface area contributed by atoms with Gasteiger partial charge in [-0.25, -0.2) is 4.98 Å². The van der Waals surface area contributed by atoms with Crippen molar-refractivity contribution in [2.75, 3.05) is 5.32 Å². The van der Waals surface area contributed by atoms with Gasteiger partial charge in [-0.2, -0.15) is 0 Å². The van der Waals surface area contributed by atoms with Crippen molar-refractivity contribution in [3.05, 3.63) is 18.2 Å². The molecule has 1 aromatic heterocycles. The SMILES string of the molecule is CC(C)Sc1nc2ccc(NC(=O)[C@H]3CCCC[C@H]3C(=O)O)cc2s1. The first-order valence-corrected chi connectivity index (χ1v) is 10.2. The number of amides is 1. The molecule has 7 heteroatoms. The first kappa shape index (κ1) is 18.2. The number of carbonyl (C=O) groups is 2. The summed E-state index contributed by atoms with van der Waals surface area (Å²) in [6, 6.07) is 5.66. The van der Waals surface area contributed by atoms with Crippen LogP contribution in [-0.2, 0) is 9.59 Å². The van der Waals surface area contributed by atoms with E-state index in [1.54, 1.807) is 23.1 Å². The normalized spacial score (nSPS) is 20.8. The summed E-state index contributed by atoms with van der Waals surface area (Å²) in [5.41, 5.74) is 1.63. The molecule has 2 aromatic rings. The van der Waals surface area contributed by atoms with E-state index in [1.165, 1.54) is 0 Å². The molecule has 0 saturated heterocycles. The molecule has 1 amide bonds. The van der Waals surface area contributed by atoms with Gasteiger partial charge >= 0.3 is 5.97 Å². The summed E-state index contributed by atoms with van der Waals surface area (Å²) in [4.78, 5) is 28.6. The molecule has 0 bridgehead atoms. The number of carboxylic acids is 1. The highest BCUT2D eigenvalue weighted by atomic mass is 32.2. The molecule has 1 aliphatic rings. The monoisotopic (exact) mass is 378 g/mol. The van der Waals surface area contributed by atoms with E-state index in [2.05, 4.69) is 24.1 Å². The van der Waals surface area contributed by atoms with Gasteiger partial charge in [0.2, 0.25) is 5.91 Å². The lowest BCUT2D eigenvalue weighted by molar-refractivity contribution is -0.147. The summed E-state index contributed by atoms with van der Waals surface area (Å²) in [5.74, 6) is -2.08. The van der Waals surface area contributed by atoms with Gasteiger partial charge in [0.15, 0.2) is 4.34 Å². The number of aliphatic carboxylic acids is 1. The van der Waals surface area contributed by atoms with E-state index in [4.69, 9.17) is 0 Å². The van der Waals surface area contributed by atoms with Gasteiger partial charge in [-0.3, -0.25) is 9.59 Å². The van der Waals surface area contributed by atoms with Gasteiger partial charge in [0.25, 0.3) is 0 Å². The fourth-order valence-electron chi connectivity index (χ4n) is 3.21. The van der Waals surface area contributed by atoms with Gasteiger partial charge in [0.05, 0.1) is 22.1 Å². The number of nitrogens with one attached hydrogen (secondary N) is 1. The van der Waals surface area contributed by atoms with Crippen molar-refractivity contribution in [1.29, 1.82) is 0 Å². The number of benzene rings is 1. The third-order valence-corrected chi connectivity index (χ3v) is 6.51. The standard InChI is InChI=1S/C18H22N2O3S2/c1-10(2)24-18-20-14-8-7-11(9-15(14)25-18)19-16(21)12-5-3-4-6-13(12)17(22)23/h7-10,12-13H,3-6H2,1-2H3,(H,19,21)(H,22,23)/t12-,13+/m0/s1. The number of anilines is 1. The van der Waals surface area contributed by atoms with E-state index < -0.39 is 17.8 Å². The number of rotatable bonds is 5. The van der Waals surface area contributed by atoms with Crippen LogP contribution in [0.25, 0.3) is 10.2 Å². The maximum absolute atomic E-state index is 12.6. The van der Waals surface area contributed by atoms with Gasteiger partial charge in [-0.05, 0) is 31.0 Å². The molecule has 0 spiro atoms. The molecule has 2 N–H and O–H groups in total. The quantitative estimate of drug-likeness (QED) is 0.742. The molecular formula is C18H22N2O3S2. The summed E-state index contributed by atoms with van der Waals surface area (Å²) in [7, 11) is 0. The molecule has 0 aliphatic heterocycles. The Morgan fingerprint density at radius 1 is 1.28 bits per heavy atom. The Morgan fingerprint density at radius 2 is 2.00 bits per heavy atom. The second-order valence-corrected chi connectivity index (χ2v) is 9.51. The molecule has 1 fully saturated rings. The molecule has 0 radical (unpaired) electrons. The van der Waals surface area contributed by atoms with Crippen LogP contribution in [0.3, 0.4) is 0 Å². The first-order chi connectivity index (χ1) is 11.9. The molecular weight excluding hydrogens is 356 g/mol. The summed E-state index contributed by atoms with van der Waals surface area (Å²) in [6.07, 6.45) is 3.01. The Balaban J connectivity index is 1.75. The molecule has 1 heterocycles. The number of hydrogen-bond donors (Lipinski definition) is 2. The molecule has 5 nitrogen and oxygen atoms in total. The average Bonchev–Trinajstić information content (AvgIpc) is 2.95. The summed E-state index contributed by atoms with van der Waals surface area (Å²) in [6.45, 7) is 4.26. The summed E-state index contributed by atoms with van der Waals surface area (Å²) < 4.78 is 2.05. The van der Waals surface area contributed by atoms with Crippen LogP contribution in [0, 0.1) is 11.8 Å². The maximum atomic E-state index is 12.6. The second kappa shape index (κ2) is 7.74. The number of fused-ring (bicyclic) bond motifs is 1. The van der Waals surface area contributed by atoms with Crippen LogP contribution in [-0.4, -0.2) is 27.2 Å². The molecule has 25 heavy (non-hydrogen) atoms. The van der Waals surface area contributed by atoms with Crippen LogP contribution >= 0.6 is 23.1 Å². The van der Waals surface area contributed by atoms with E-state index in [0.29, 0.717) is 23.8 Å². The Kier molecular flexibility index (Phi) is 5.64. The molecule has 134 valence electrons. The Morgan fingerprint density at radius 3 is 2.68 bits per heavy atom. The molecule has 2 atom stereocenters. The predicted octanol–water partition coefficient (Wildman–Crippen LogP) is 4.63. The van der Waals surface area contributed by atoms with Crippen LogP contribution in [0.4, 0.5) is 5.69 Å². The van der Waals surface area contributed by atoms with Crippen LogP contribution in [0.5, 0.6) is 0 Å². The van der Waals surface area contributed by atoms with Crippen molar-refractivity contribution in [3.63, 3.8) is 0 Å². The number of aromatic nitrogens is 1. The largest absolute Gasteiger partial charge is 0.481 e. The van der Waals surface area contributed by atoms with Crippen LogP contribution < -0.4 is 5.32 Å². The zero-order valence-electron chi connectivity index (χ0n) is 14.3. The molecule has 1 saturated carbocycles. The number of carboxylic acid groups (broad SMARTS) is 1. The van der Waals surface area contributed by atoms with Crippen LogP contribution in [0.2, 0.25) is 0 Å². The first-order valence-electron chi connectivity index (χ1n) is 8.55. The zero-order valence-corrected chi connectivity index (χ0v) is 16.0. The number of hydrogen-bond acceptors (Lipinski definition) is 5. The Labute approximate surface area is 155 Å². The van der Waals surface area contributed by atoms with Gasteiger partial charge in [0, 0.05) is 10.9 Å². The lowest BCUT2D eigenvalue weighted by Crippen LogP contribution is -2.36. The highest BCUT2D eigenvalue weighted by Gasteiger charge is 2.35. The van der Waals surface area contributed by atoms with Crippen molar-refractivity contribution in [1.82, 2.24) is 4.98 Å². The smallest absolute Gasteiger partial charge is 0.307 e. The predicted molar refractivity (Wildman–Crippen MR) is 102 cm³/mol. The topological polar surface area (TPSA) is 79.3 Å². The summed E-state index contributed by atoms with van der Waals surface area (Å²) in [5, 5.41) is 12.7. The highest BCUT2D eigenvalue weighted by Crippen LogP contribution is 2.34. The second-order valence-electron chi connectivity index (χ2n) is 6.65. The molecule has 1 aliphatic carbocycles. The van der Waals surface area contributed by atoms with E-state index in [0.717, 1.165) is 27.4 Å². The third-order valence-electron chi connectivity index (χ3n) is 4.39.